The molecule has 6 rings (SSSR count). The first-order valence-corrected chi connectivity index (χ1v) is 15.9. The summed E-state index contributed by atoms with van der Waals surface area (Å²) in [4.78, 5) is 39.8. The maximum Gasteiger partial charge on any atom is 0.223 e. The van der Waals surface area contributed by atoms with Gasteiger partial charge in [-0.25, -0.2) is 9.97 Å². The van der Waals surface area contributed by atoms with Crippen molar-refractivity contribution in [1.29, 1.82) is 0 Å². The Morgan fingerprint density at radius 3 is 2.78 bits per heavy atom. The number of imidazole rings is 1. The standard InChI is InChI=1S/C32H40N6O2S/c1-23-34-27-10-2-3-11-29(27)38(23)21-26-22-41-31(35-26)19-33-30(39)13-14-32(40)37-17-7-12-28(37)25-9-6-8-24(18-25)20-36-15-4-5-16-36/h2-3,6,8-11,22,25,28H,4-5,7,12-21H2,1H3,(H,33,39). The molecule has 2 fully saturated rings. The van der Waals surface area contributed by atoms with Gasteiger partial charge in [-0.15, -0.1) is 11.3 Å². The lowest BCUT2D eigenvalue weighted by molar-refractivity contribution is -0.134. The summed E-state index contributed by atoms with van der Waals surface area (Å²) in [6.07, 6.45) is 12.9. The lowest BCUT2D eigenvalue weighted by Gasteiger charge is -2.32. The maximum atomic E-state index is 13.2. The molecule has 2 unspecified atom stereocenters. The van der Waals surface area contributed by atoms with E-state index in [1.54, 1.807) is 11.3 Å². The third-order valence-corrected chi connectivity index (χ3v) is 9.59. The fraction of sp³-hybridized carbons (Fsp3) is 0.500. The minimum absolute atomic E-state index is 0.101. The molecule has 1 N–H and O–H groups in total. The summed E-state index contributed by atoms with van der Waals surface area (Å²) in [5, 5.41) is 5.87. The summed E-state index contributed by atoms with van der Waals surface area (Å²) in [5.41, 5.74) is 4.51. The smallest absolute Gasteiger partial charge is 0.223 e. The molecular weight excluding hydrogens is 532 g/mol. The van der Waals surface area contributed by atoms with Crippen LogP contribution >= 0.6 is 11.3 Å². The molecule has 2 aromatic heterocycles. The molecule has 4 heterocycles. The Kier molecular flexibility index (Phi) is 8.62. The summed E-state index contributed by atoms with van der Waals surface area (Å²) in [6.45, 7) is 7.30. The molecule has 0 bridgehead atoms. The highest BCUT2D eigenvalue weighted by Crippen LogP contribution is 2.32. The van der Waals surface area contributed by atoms with E-state index in [-0.39, 0.29) is 30.7 Å². The van der Waals surface area contributed by atoms with Gasteiger partial charge in [0.15, 0.2) is 0 Å². The quantitative estimate of drug-likeness (QED) is 0.376. The van der Waals surface area contributed by atoms with E-state index < -0.39 is 0 Å². The van der Waals surface area contributed by atoms with Gasteiger partial charge in [-0.2, -0.15) is 0 Å². The number of para-hydroxylation sites is 2. The molecule has 3 aromatic rings. The molecule has 1 aliphatic carbocycles. The summed E-state index contributed by atoms with van der Waals surface area (Å²) < 4.78 is 2.16. The van der Waals surface area contributed by atoms with Crippen molar-refractivity contribution < 1.29 is 9.59 Å². The highest BCUT2D eigenvalue weighted by atomic mass is 32.1. The number of nitrogens with zero attached hydrogens (tertiary/aromatic N) is 5. The van der Waals surface area contributed by atoms with Crippen molar-refractivity contribution in [3.05, 3.63) is 70.0 Å². The zero-order valence-electron chi connectivity index (χ0n) is 23.9. The molecule has 216 valence electrons. The van der Waals surface area contributed by atoms with Crippen LogP contribution in [0, 0.1) is 12.8 Å². The van der Waals surface area contributed by atoms with E-state index in [1.807, 2.05) is 30.5 Å². The van der Waals surface area contributed by atoms with E-state index in [4.69, 9.17) is 4.98 Å². The van der Waals surface area contributed by atoms with Crippen LogP contribution in [0.4, 0.5) is 0 Å². The Morgan fingerprint density at radius 2 is 1.90 bits per heavy atom. The van der Waals surface area contributed by atoms with E-state index in [9.17, 15) is 9.59 Å². The first-order chi connectivity index (χ1) is 20.0. The Hall–Kier alpha value is -3.30. The monoisotopic (exact) mass is 572 g/mol. The number of carbonyl (C=O) groups excluding carboxylic acids is 2. The first-order valence-electron chi connectivity index (χ1n) is 15.0. The second kappa shape index (κ2) is 12.7. The average Bonchev–Trinajstić information content (AvgIpc) is 3.79. The third-order valence-electron chi connectivity index (χ3n) is 8.69. The number of nitrogens with one attached hydrogen (secondary N) is 1. The van der Waals surface area contributed by atoms with Gasteiger partial charge in [0, 0.05) is 43.3 Å². The highest BCUT2D eigenvalue weighted by molar-refractivity contribution is 7.09. The lowest BCUT2D eigenvalue weighted by atomic mass is 9.86. The van der Waals surface area contributed by atoms with Gasteiger partial charge in [-0.05, 0) is 64.3 Å². The average molecular weight is 573 g/mol. The summed E-state index contributed by atoms with van der Waals surface area (Å²) in [6, 6.07) is 8.36. The van der Waals surface area contributed by atoms with Crippen molar-refractivity contribution in [2.45, 2.75) is 71.0 Å². The Bertz CT molecular complexity index is 1450. The maximum absolute atomic E-state index is 13.2. The van der Waals surface area contributed by atoms with Crippen molar-refractivity contribution in [3.63, 3.8) is 0 Å². The minimum Gasteiger partial charge on any atom is -0.350 e. The predicted octanol–water partition coefficient (Wildman–Crippen LogP) is 4.84. The number of hydrogen-bond acceptors (Lipinski definition) is 6. The van der Waals surface area contributed by atoms with Crippen LogP contribution in [0.2, 0.25) is 0 Å². The minimum atomic E-state index is -0.101. The second-order valence-corrected chi connectivity index (χ2v) is 12.5. The molecule has 1 aromatic carbocycles. The van der Waals surface area contributed by atoms with Crippen LogP contribution in [-0.2, 0) is 22.7 Å². The van der Waals surface area contributed by atoms with Crippen LogP contribution in [0.25, 0.3) is 11.0 Å². The van der Waals surface area contributed by atoms with Crippen molar-refractivity contribution in [3.8, 4) is 0 Å². The summed E-state index contributed by atoms with van der Waals surface area (Å²) >= 11 is 1.55. The third kappa shape index (κ3) is 6.62. The molecule has 0 saturated carbocycles. The largest absolute Gasteiger partial charge is 0.350 e. The summed E-state index contributed by atoms with van der Waals surface area (Å²) in [7, 11) is 0. The number of hydrogen-bond donors (Lipinski definition) is 1. The molecular formula is C32H40N6O2S. The van der Waals surface area contributed by atoms with Crippen molar-refractivity contribution in [2.75, 3.05) is 26.2 Å². The lowest BCUT2D eigenvalue weighted by Crippen LogP contribution is -2.40. The van der Waals surface area contributed by atoms with Crippen LogP contribution in [0.3, 0.4) is 0 Å². The van der Waals surface area contributed by atoms with E-state index in [2.05, 4.69) is 49.0 Å². The van der Waals surface area contributed by atoms with Gasteiger partial charge in [0.25, 0.3) is 0 Å². The Balaban J connectivity index is 0.958. The van der Waals surface area contributed by atoms with Crippen molar-refractivity contribution >= 4 is 34.2 Å². The first kappa shape index (κ1) is 27.8. The van der Waals surface area contributed by atoms with Gasteiger partial charge in [0.05, 0.1) is 29.8 Å². The molecule has 3 aliphatic rings. The predicted molar refractivity (Wildman–Crippen MR) is 163 cm³/mol. The van der Waals surface area contributed by atoms with Gasteiger partial charge in [-0.1, -0.05) is 35.9 Å². The Morgan fingerprint density at radius 1 is 1.05 bits per heavy atom. The van der Waals surface area contributed by atoms with Crippen LogP contribution in [-0.4, -0.2) is 68.4 Å². The number of allylic oxidation sites excluding steroid dienone is 2. The highest BCUT2D eigenvalue weighted by Gasteiger charge is 2.34. The number of aromatic nitrogens is 3. The molecule has 41 heavy (non-hydrogen) atoms. The second-order valence-electron chi connectivity index (χ2n) is 11.6. The topological polar surface area (TPSA) is 83.4 Å². The van der Waals surface area contributed by atoms with Crippen molar-refractivity contribution in [2.24, 2.45) is 5.92 Å². The van der Waals surface area contributed by atoms with Crippen LogP contribution < -0.4 is 5.32 Å². The fourth-order valence-corrected chi connectivity index (χ4v) is 7.34. The molecule has 9 heteroatoms. The van der Waals surface area contributed by atoms with Crippen LogP contribution in [0.15, 0.2) is 53.4 Å². The molecule has 2 atom stereocenters. The van der Waals surface area contributed by atoms with E-state index >= 15 is 0 Å². The number of amides is 2. The van der Waals surface area contributed by atoms with Gasteiger partial charge < -0.3 is 14.8 Å². The molecule has 2 amide bonds. The number of aryl methyl sites for hydroxylation is 1. The fourth-order valence-electron chi connectivity index (χ4n) is 6.62. The number of benzene rings is 1. The number of fused-ring (bicyclic) bond motifs is 1. The summed E-state index contributed by atoms with van der Waals surface area (Å²) in [5.74, 6) is 1.33. The normalized spacial score (nSPS) is 21.1. The molecule has 0 spiro atoms. The van der Waals surface area contributed by atoms with E-state index in [1.165, 1.54) is 31.5 Å². The van der Waals surface area contributed by atoms with Crippen LogP contribution in [0.5, 0.6) is 0 Å². The zero-order valence-corrected chi connectivity index (χ0v) is 24.7. The number of thiazole rings is 1. The van der Waals surface area contributed by atoms with Gasteiger partial charge >= 0.3 is 0 Å². The molecule has 0 radical (unpaired) electrons. The van der Waals surface area contributed by atoms with Gasteiger partial charge in [0.2, 0.25) is 11.8 Å². The number of rotatable bonds is 10. The molecule has 2 saturated heterocycles. The zero-order chi connectivity index (χ0) is 28.2. The molecule has 2 aliphatic heterocycles. The van der Waals surface area contributed by atoms with Crippen LogP contribution in [0.1, 0.15) is 61.5 Å². The number of carbonyl (C=O) groups is 2. The SMILES string of the molecule is Cc1nc2ccccc2n1Cc1csc(CNC(=O)CCC(=O)N2CCCC2C2C=CC=C(CN3CCCC3)C2)n1. The van der Waals surface area contributed by atoms with E-state index in [0.29, 0.717) is 19.0 Å². The molecule has 8 nitrogen and oxygen atoms in total. The van der Waals surface area contributed by atoms with Gasteiger partial charge in [-0.3, -0.25) is 14.5 Å². The van der Waals surface area contributed by atoms with Gasteiger partial charge in [0.1, 0.15) is 10.8 Å². The number of likely N-dealkylation sites (tertiary alicyclic amines) is 2. The van der Waals surface area contributed by atoms with Crippen molar-refractivity contribution in [1.82, 2.24) is 29.7 Å². The van der Waals surface area contributed by atoms with E-state index in [0.717, 1.165) is 59.9 Å². The Labute approximate surface area is 246 Å².